The van der Waals surface area contributed by atoms with Gasteiger partial charge in [-0.3, -0.25) is 9.69 Å². The maximum absolute atomic E-state index is 11.9. The molecule has 4 aliphatic heterocycles. The lowest BCUT2D eigenvalue weighted by Gasteiger charge is -2.39. The lowest BCUT2D eigenvalue weighted by molar-refractivity contribution is -0.127. The van der Waals surface area contributed by atoms with Gasteiger partial charge < -0.3 is 34.6 Å². The van der Waals surface area contributed by atoms with Crippen LogP contribution in [0, 0.1) is 0 Å². The first-order valence-electron chi connectivity index (χ1n) is 14.0. The van der Waals surface area contributed by atoms with E-state index in [9.17, 15) is 4.79 Å². The van der Waals surface area contributed by atoms with Gasteiger partial charge in [-0.15, -0.1) is 0 Å². The minimum absolute atomic E-state index is 0.00112. The van der Waals surface area contributed by atoms with Crippen molar-refractivity contribution in [1.82, 2.24) is 25.3 Å². The third-order valence-electron chi connectivity index (χ3n) is 7.92. The third-order valence-corrected chi connectivity index (χ3v) is 8.67. The van der Waals surface area contributed by atoms with Gasteiger partial charge in [0, 0.05) is 69.8 Å². The van der Waals surface area contributed by atoms with Gasteiger partial charge in [0.15, 0.2) is 5.96 Å². The van der Waals surface area contributed by atoms with E-state index in [1.54, 1.807) is 20.3 Å². The number of hydrogen-bond donors (Lipinski definition) is 2. The van der Waals surface area contributed by atoms with Crippen LogP contribution in [-0.2, 0) is 9.53 Å². The molecule has 2 saturated heterocycles. The standard InChI is InChI=1S/C29H38Cl2N6O4/c1-4-24(38)36-11-9-35(10-12-36)7-5-8-37-17-20(25-26(30)22(39-2)15-23(40-3)27(25)31)14-19-16-32-29(34-28(19)37)33-21-6-13-41-18-21/h4,15-17,21,28H,1,5-14,18H2,2-3H3,(H2,32,33,34)/t21?,28-/m1/s1. The van der Waals surface area contributed by atoms with Crippen LogP contribution >= 0.6 is 23.2 Å². The van der Waals surface area contributed by atoms with Gasteiger partial charge in [-0.1, -0.05) is 29.8 Å². The highest BCUT2D eigenvalue weighted by Crippen LogP contribution is 2.47. The Labute approximate surface area is 251 Å². The highest BCUT2D eigenvalue weighted by atomic mass is 35.5. The zero-order valence-corrected chi connectivity index (χ0v) is 25.1. The van der Waals surface area contributed by atoms with Crippen LogP contribution in [0.5, 0.6) is 11.5 Å². The molecule has 5 rings (SSSR count). The Morgan fingerprint density at radius 1 is 1.20 bits per heavy atom. The van der Waals surface area contributed by atoms with Gasteiger partial charge in [-0.25, -0.2) is 4.99 Å². The van der Waals surface area contributed by atoms with Crippen LogP contribution in [0.25, 0.3) is 5.57 Å². The number of ether oxygens (including phenoxy) is 3. The Balaban J connectivity index is 1.37. The third kappa shape index (κ3) is 6.61. The molecule has 4 aliphatic rings. The Bertz CT molecular complexity index is 1210. The minimum atomic E-state index is -0.156. The number of fused-ring (bicyclic) bond motifs is 1. The molecule has 0 radical (unpaired) electrons. The van der Waals surface area contributed by atoms with Crippen molar-refractivity contribution in [3.63, 3.8) is 0 Å². The fourth-order valence-corrected chi connectivity index (χ4v) is 6.41. The average Bonchev–Trinajstić information content (AvgIpc) is 3.50. The van der Waals surface area contributed by atoms with E-state index in [0.717, 1.165) is 75.8 Å². The smallest absolute Gasteiger partial charge is 0.246 e. The van der Waals surface area contributed by atoms with Crippen molar-refractivity contribution < 1.29 is 19.0 Å². The maximum atomic E-state index is 11.9. The topological polar surface area (TPSA) is 90.9 Å². The monoisotopic (exact) mass is 604 g/mol. The molecule has 1 aromatic carbocycles. The Morgan fingerprint density at radius 3 is 2.56 bits per heavy atom. The normalized spacial score (nSPS) is 22.7. The molecule has 2 atom stereocenters. The number of rotatable bonds is 9. The largest absolute Gasteiger partial charge is 0.495 e. The first-order valence-corrected chi connectivity index (χ1v) is 14.8. The van der Waals surface area contributed by atoms with Crippen LogP contribution in [0.4, 0.5) is 0 Å². The molecule has 1 aromatic rings. The molecule has 1 unspecified atom stereocenters. The van der Waals surface area contributed by atoms with Crippen molar-refractivity contribution in [3.05, 3.63) is 52.3 Å². The molecule has 1 amide bonds. The van der Waals surface area contributed by atoms with E-state index in [0.29, 0.717) is 40.1 Å². The van der Waals surface area contributed by atoms with Crippen LogP contribution in [-0.4, -0.2) is 105 Å². The maximum Gasteiger partial charge on any atom is 0.246 e. The van der Waals surface area contributed by atoms with E-state index in [1.807, 2.05) is 11.1 Å². The number of aliphatic imine (C=N–C) groups is 1. The van der Waals surface area contributed by atoms with Gasteiger partial charge in [-0.2, -0.15) is 0 Å². The summed E-state index contributed by atoms with van der Waals surface area (Å²) >= 11 is 13.6. The molecule has 4 heterocycles. The quantitative estimate of drug-likeness (QED) is 0.415. The number of nitrogens with zero attached hydrogens (tertiary/aromatic N) is 4. The SMILES string of the molecule is C=CC(=O)N1CCN(CCCN2C=C(c3c(Cl)c(OC)cc(OC)c3Cl)CC3=CNC(NC4CCOC4)=N[C@@H]32)CC1. The summed E-state index contributed by atoms with van der Waals surface area (Å²) < 4.78 is 16.6. The second-order valence-electron chi connectivity index (χ2n) is 10.5. The second-order valence-corrected chi connectivity index (χ2v) is 11.3. The number of methoxy groups -OCH3 is 2. The number of amides is 1. The van der Waals surface area contributed by atoms with Crippen molar-refractivity contribution in [2.24, 2.45) is 4.99 Å². The average molecular weight is 606 g/mol. The van der Waals surface area contributed by atoms with Crippen LogP contribution in [0.2, 0.25) is 10.0 Å². The molecular formula is C29H38Cl2N6O4. The molecule has 2 fully saturated rings. The van der Waals surface area contributed by atoms with Crippen molar-refractivity contribution >= 4 is 40.6 Å². The highest BCUT2D eigenvalue weighted by molar-refractivity contribution is 6.39. The van der Waals surface area contributed by atoms with Crippen LogP contribution in [0.15, 0.2) is 41.7 Å². The number of carbonyl (C=O) groups is 1. The van der Waals surface area contributed by atoms with E-state index in [1.165, 1.54) is 6.08 Å². The van der Waals surface area contributed by atoms with Gasteiger partial charge in [0.25, 0.3) is 0 Å². The number of guanidine groups is 1. The molecule has 41 heavy (non-hydrogen) atoms. The predicted molar refractivity (Wildman–Crippen MR) is 162 cm³/mol. The fraction of sp³-hybridized carbons (Fsp3) is 0.517. The number of halogens is 2. The first kappa shape index (κ1) is 29.6. The second kappa shape index (κ2) is 13.4. The van der Waals surface area contributed by atoms with Crippen molar-refractivity contribution in [2.75, 3.05) is 66.7 Å². The number of piperazine rings is 1. The van der Waals surface area contributed by atoms with Crippen molar-refractivity contribution in [1.29, 1.82) is 0 Å². The van der Waals surface area contributed by atoms with Gasteiger partial charge in [-0.05, 0) is 36.6 Å². The highest BCUT2D eigenvalue weighted by Gasteiger charge is 2.32. The van der Waals surface area contributed by atoms with Gasteiger partial charge in [0.2, 0.25) is 5.91 Å². The van der Waals surface area contributed by atoms with E-state index in [-0.39, 0.29) is 18.1 Å². The van der Waals surface area contributed by atoms with E-state index >= 15 is 0 Å². The zero-order chi connectivity index (χ0) is 28.9. The lowest BCUT2D eigenvalue weighted by atomic mass is 9.93. The number of hydrogen-bond acceptors (Lipinski definition) is 9. The van der Waals surface area contributed by atoms with Gasteiger partial charge >= 0.3 is 0 Å². The molecule has 0 aromatic heterocycles. The Kier molecular flexibility index (Phi) is 9.64. The number of nitrogens with one attached hydrogen (secondary N) is 2. The summed E-state index contributed by atoms with van der Waals surface area (Å²) in [4.78, 5) is 23.5. The number of benzene rings is 1. The van der Waals surface area contributed by atoms with E-state index in [4.69, 9.17) is 42.4 Å². The minimum Gasteiger partial charge on any atom is -0.495 e. The van der Waals surface area contributed by atoms with Gasteiger partial charge in [0.1, 0.15) is 17.7 Å². The summed E-state index contributed by atoms with van der Waals surface area (Å²) in [7, 11) is 3.16. The number of allylic oxidation sites excluding steroid dienone is 1. The molecular weight excluding hydrogens is 567 g/mol. The van der Waals surface area contributed by atoms with Crippen molar-refractivity contribution in [3.8, 4) is 11.5 Å². The summed E-state index contributed by atoms with van der Waals surface area (Å²) in [6, 6.07) is 1.95. The zero-order valence-electron chi connectivity index (χ0n) is 23.6. The Hall–Kier alpha value is -2.92. The molecule has 12 heteroatoms. The summed E-state index contributed by atoms with van der Waals surface area (Å²) in [6.07, 6.45) is 7.89. The molecule has 10 nitrogen and oxygen atoms in total. The van der Waals surface area contributed by atoms with E-state index in [2.05, 4.69) is 33.2 Å². The van der Waals surface area contributed by atoms with Crippen LogP contribution in [0.1, 0.15) is 24.8 Å². The summed E-state index contributed by atoms with van der Waals surface area (Å²) in [5.74, 6) is 1.76. The molecule has 0 bridgehead atoms. The predicted octanol–water partition coefficient (Wildman–Crippen LogP) is 3.33. The lowest BCUT2D eigenvalue weighted by Crippen LogP contribution is -2.49. The first-order chi connectivity index (χ1) is 19.9. The molecule has 222 valence electrons. The van der Waals surface area contributed by atoms with Gasteiger partial charge in [0.05, 0.1) is 36.9 Å². The molecule has 0 saturated carbocycles. The Morgan fingerprint density at radius 2 is 1.93 bits per heavy atom. The number of carbonyl (C=O) groups excluding carboxylic acids is 1. The van der Waals surface area contributed by atoms with Crippen molar-refractivity contribution in [2.45, 2.75) is 31.5 Å². The van der Waals surface area contributed by atoms with Crippen LogP contribution in [0.3, 0.4) is 0 Å². The summed E-state index contributed by atoms with van der Waals surface area (Å²) in [5.41, 5.74) is 2.78. The van der Waals surface area contributed by atoms with E-state index < -0.39 is 0 Å². The fourth-order valence-electron chi connectivity index (χ4n) is 5.67. The van der Waals surface area contributed by atoms with Crippen LogP contribution < -0.4 is 20.1 Å². The molecule has 0 spiro atoms. The molecule has 2 N–H and O–H groups in total. The summed E-state index contributed by atoms with van der Waals surface area (Å²) in [5, 5.41) is 7.73. The summed E-state index contributed by atoms with van der Waals surface area (Å²) in [6.45, 7) is 9.88. The molecule has 0 aliphatic carbocycles.